The van der Waals surface area contributed by atoms with Gasteiger partial charge in [0.2, 0.25) is 0 Å². The fourth-order valence-corrected chi connectivity index (χ4v) is 3.37. The zero-order valence-electron chi connectivity index (χ0n) is 15.0. The molecule has 2 aromatic rings. The minimum Gasteiger partial charge on any atom is -0.459 e. The van der Waals surface area contributed by atoms with Gasteiger partial charge < -0.3 is 23.9 Å². The summed E-state index contributed by atoms with van der Waals surface area (Å²) in [7, 11) is 0. The quantitative estimate of drug-likeness (QED) is 0.805. The van der Waals surface area contributed by atoms with Crippen LogP contribution in [0.5, 0.6) is 0 Å². The summed E-state index contributed by atoms with van der Waals surface area (Å²) in [6.07, 6.45) is 3.17. The summed E-state index contributed by atoms with van der Waals surface area (Å²) >= 11 is 0. The van der Waals surface area contributed by atoms with Gasteiger partial charge in [0.1, 0.15) is 5.82 Å². The predicted octanol–water partition coefficient (Wildman–Crippen LogP) is 1.11. The highest BCUT2D eigenvalue weighted by molar-refractivity contribution is 5.95. The Hall–Kier alpha value is -2.87. The van der Waals surface area contributed by atoms with Gasteiger partial charge >= 0.3 is 0 Å². The molecule has 2 fully saturated rings. The third kappa shape index (κ3) is 3.80. The molecule has 2 aromatic heterocycles. The van der Waals surface area contributed by atoms with Crippen molar-refractivity contribution in [2.45, 2.75) is 0 Å². The van der Waals surface area contributed by atoms with Crippen molar-refractivity contribution in [1.82, 2.24) is 14.8 Å². The highest BCUT2D eigenvalue weighted by Gasteiger charge is 2.25. The molecule has 2 aliphatic heterocycles. The second-order valence-electron chi connectivity index (χ2n) is 6.56. The van der Waals surface area contributed by atoms with E-state index < -0.39 is 0 Å². The molecule has 0 aliphatic carbocycles. The average molecular weight is 370 g/mol. The standard InChI is InChI=1S/C19H22N4O4/c24-18(23-9-12-26-13-10-23)15-3-4-20-17(14-15)21-5-7-22(8-6-21)19(25)16-2-1-11-27-16/h1-4,11,14H,5-10,12-13H2. The Bertz CT molecular complexity index is 794. The number of carbonyl (C=O) groups excluding carboxylic acids is 2. The Balaban J connectivity index is 1.40. The second kappa shape index (κ2) is 7.79. The maximum atomic E-state index is 12.7. The van der Waals surface area contributed by atoms with Crippen molar-refractivity contribution >= 4 is 17.6 Å². The number of furan rings is 1. The van der Waals surface area contributed by atoms with Gasteiger partial charge in [-0.25, -0.2) is 4.98 Å². The summed E-state index contributed by atoms with van der Waals surface area (Å²) in [6, 6.07) is 6.97. The first-order valence-electron chi connectivity index (χ1n) is 9.13. The molecule has 0 aromatic carbocycles. The third-order valence-corrected chi connectivity index (χ3v) is 4.91. The molecule has 2 amide bonds. The van der Waals surface area contributed by atoms with E-state index in [-0.39, 0.29) is 11.8 Å². The van der Waals surface area contributed by atoms with E-state index in [9.17, 15) is 9.59 Å². The van der Waals surface area contributed by atoms with Crippen LogP contribution < -0.4 is 4.90 Å². The number of ether oxygens (including phenoxy) is 1. The van der Waals surface area contributed by atoms with Crippen molar-refractivity contribution in [3.05, 3.63) is 48.0 Å². The molecule has 4 heterocycles. The highest BCUT2D eigenvalue weighted by atomic mass is 16.5. The van der Waals surface area contributed by atoms with Gasteiger partial charge in [-0.3, -0.25) is 9.59 Å². The molecule has 2 saturated heterocycles. The van der Waals surface area contributed by atoms with Crippen LogP contribution in [-0.4, -0.2) is 79.1 Å². The molecule has 0 bridgehead atoms. The molecule has 0 N–H and O–H groups in total. The van der Waals surface area contributed by atoms with Gasteiger partial charge in [0.15, 0.2) is 5.76 Å². The maximum Gasteiger partial charge on any atom is 0.289 e. The lowest BCUT2D eigenvalue weighted by Gasteiger charge is -2.35. The van der Waals surface area contributed by atoms with Crippen molar-refractivity contribution in [3.8, 4) is 0 Å². The van der Waals surface area contributed by atoms with Gasteiger partial charge in [-0.05, 0) is 24.3 Å². The number of pyridine rings is 1. The lowest BCUT2D eigenvalue weighted by molar-refractivity contribution is 0.0303. The van der Waals surface area contributed by atoms with Crippen LogP contribution in [0.25, 0.3) is 0 Å². The Morgan fingerprint density at radius 2 is 1.67 bits per heavy atom. The van der Waals surface area contributed by atoms with E-state index in [1.165, 1.54) is 6.26 Å². The smallest absolute Gasteiger partial charge is 0.289 e. The first-order chi connectivity index (χ1) is 13.2. The molecule has 142 valence electrons. The number of anilines is 1. The summed E-state index contributed by atoms with van der Waals surface area (Å²) in [6.45, 7) is 4.88. The number of carbonyl (C=O) groups is 2. The van der Waals surface area contributed by atoms with E-state index in [1.807, 2.05) is 11.0 Å². The van der Waals surface area contributed by atoms with Crippen LogP contribution in [0.15, 0.2) is 41.1 Å². The first-order valence-corrected chi connectivity index (χ1v) is 9.13. The third-order valence-electron chi connectivity index (χ3n) is 4.91. The van der Waals surface area contributed by atoms with E-state index >= 15 is 0 Å². The van der Waals surface area contributed by atoms with E-state index in [4.69, 9.17) is 9.15 Å². The molecule has 4 rings (SSSR count). The molecule has 0 spiro atoms. The Kier molecular flexibility index (Phi) is 5.06. The molecule has 0 saturated carbocycles. The van der Waals surface area contributed by atoms with Crippen molar-refractivity contribution in [3.63, 3.8) is 0 Å². The lowest BCUT2D eigenvalue weighted by Crippen LogP contribution is -2.49. The average Bonchev–Trinajstić information content (AvgIpc) is 3.28. The predicted molar refractivity (Wildman–Crippen MR) is 97.8 cm³/mol. The topological polar surface area (TPSA) is 79.1 Å². The van der Waals surface area contributed by atoms with Gasteiger partial charge in [-0.2, -0.15) is 0 Å². The van der Waals surface area contributed by atoms with Crippen molar-refractivity contribution in [1.29, 1.82) is 0 Å². The molecule has 0 radical (unpaired) electrons. The molecule has 0 unspecified atom stereocenters. The number of amides is 2. The summed E-state index contributed by atoms with van der Waals surface area (Å²) in [5.41, 5.74) is 0.635. The van der Waals surface area contributed by atoms with Crippen molar-refractivity contribution < 1.29 is 18.7 Å². The number of hydrogen-bond acceptors (Lipinski definition) is 6. The number of hydrogen-bond donors (Lipinski definition) is 0. The lowest BCUT2D eigenvalue weighted by atomic mass is 10.2. The van der Waals surface area contributed by atoms with Gasteiger partial charge in [-0.1, -0.05) is 0 Å². The fourth-order valence-electron chi connectivity index (χ4n) is 3.37. The van der Waals surface area contributed by atoms with Gasteiger partial charge in [0.05, 0.1) is 19.5 Å². The molecular weight excluding hydrogens is 348 g/mol. The van der Waals surface area contributed by atoms with Gasteiger partial charge in [-0.15, -0.1) is 0 Å². The summed E-state index contributed by atoms with van der Waals surface area (Å²) < 4.78 is 10.5. The SMILES string of the molecule is O=C(c1ccnc(N2CCN(C(=O)c3ccco3)CC2)c1)N1CCOCC1. The summed E-state index contributed by atoms with van der Waals surface area (Å²) in [5.74, 6) is 1.04. The van der Waals surface area contributed by atoms with Gasteiger partial charge in [0, 0.05) is 51.0 Å². The highest BCUT2D eigenvalue weighted by Crippen LogP contribution is 2.18. The zero-order valence-corrected chi connectivity index (χ0v) is 15.0. The minimum atomic E-state index is -0.0937. The molecule has 8 nitrogen and oxygen atoms in total. The van der Waals surface area contributed by atoms with Crippen LogP contribution in [0.4, 0.5) is 5.82 Å². The Morgan fingerprint density at radius 1 is 0.926 bits per heavy atom. The number of aromatic nitrogens is 1. The number of morpholine rings is 1. The summed E-state index contributed by atoms with van der Waals surface area (Å²) in [4.78, 5) is 35.1. The normalized spacial score (nSPS) is 17.9. The molecule has 8 heteroatoms. The van der Waals surface area contributed by atoms with Crippen molar-refractivity contribution in [2.24, 2.45) is 0 Å². The van der Waals surface area contributed by atoms with E-state index in [1.54, 1.807) is 29.3 Å². The van der Waals surface area contributed by atoms with E-state index in [2.05, 4.69) is 9.88 Å². The van der Waals surface area contributed by atoms with Crippen LogP contribution in [0, 0.1) is 0 Å². The molecule has 2 aliphatic rings. The Labute approximate surface area is 157 Å². The van der Waals surface area contributed by atoms with Crippen LogP contribution in [0.3, 0.4) is 0 Å². The van der Waals surface area contributed by atoms with Crippen LogP contribution in [-0.2, 0) is 4.74 Å². The first kappa shape index (κ1) is 17.5. The monoisotopic (exact) mass is 370 g/mol. The van der Waals surface area contributed by atoms with Gasteiger partial charge in [0.25, 0.3) is 11.8 Å². The number of nitrogens with zero attached hydrogens (tertiary/aromatic N) is 4. The fraction of sp³-hybridized carbons (Fsp3) is 0.421. The van der Waals surface area contributed by atoms with Crippen molar-refractivity contribution in [2.75, 3.05) is 57.4 Å². The molecule has 0 atom stereocenters. The van der Waals surface area contributed by atoms with E-state index in [0.29, 0.717) is 63.8 Å². The maximum absolute atomic E-state index is 12.7. The number of piperazine rings is 1. The minimum absolute atomic E-state index is 0.00795. The molecule has 27 heavy (non-hydrogen) atoms. The molecular formula is C19H22N4O4. The second-order valence-corrected chi connectivity index (χ2v) is 6.56. The van der Waals surface area contributed by atoms with Crippen LogP contribution >= 0.6 is 0 Å². The van der Waals surface area contributed by atoms with Crippen LogP contribution in [0.1, 0.15) is 20.9 Å². The largest absolute Gasteiger partial charge is 0.459 e. The van der Waals surface area contributed by atoms with E-state index in [0.717, 1.165) is 5.82 Å². The zero-order chi connectivity index (χ0) is 18.6. The number of rotatable bonds is 3. The summed E-state index contributed by atoms with van der Waals surface area (Å²) in [5, 5.41) is 0. The van der Waals surface area contributed by atoms with Crippen LogP contribution in [0.2, 0.25) is 0 Å². The Morgan fingerprint density at radius 3 is 2.37 bits per heavy atom.